The first kappa shape index (κ1) is 13.3. The van der Waals surface area contributed by atoms with Gasteiger partial charge in [0.15, 0.2) is 5.78 Å². The van der Waals surface area contributed by atoms with E-state index >= 15 is 0 Å². The van der Waals surface area contributed by atoms with Gasteiger partial charge in [0, 0.05) is 51.6 Å². The molecule has 114 valence electrons. The first-order valence-corrected chi connectivity index (χ1v) is 7.68. The molecule has 2 aliphatic rings. The standard InChI is InChI=1S/C16H18N4O2/c1-11(21)18-7-9-19(10-8-18)16-17-13-4-2-3-12-14(22)5-6-20(16)15(12)13/h2-4H,5-10H2,1H3. The largest absolute Gasteiger partial charge is 0.339 e. The maximum Gasteiger partial charge on any atom is 0.219 e. The van der Waals surface area contributed by atoms with E-state index in [1.165, 1.54) is 0 Å². The molecule has 0 N–H and O–H groups in total. The molecule has 2 aliphatic heterocycles. The van der Waals surface area contributed by atoms with Crippen molar-refractivity contribution in [1.29, 1.82) is 0 Å². The van der Waals surface area contributed by atoms with E-state index in [0.29, 0.717) is 13.0 Å². The van der Waals surface area contributed by atoms with Crippen molar-refractivity contribution in [2.24, 2.45) is 0 Å². The average Bonchev–Trinajstić information content (AvgIpc) is 2.91. The second kappa shape index (κ2) is 4.83. The Hall–Kier alpha value is -2.37. The summed E-state index contributed by atoms with van der Waals surface area (Å²) in [5.74, 6) is 1.26. The van der Waals surface area contributed by atoms with Crippen LogP contribution in [0.5, 0.6) is 0 Å². The van der Waals surface area contributed by atoms with Crippen LogP contribution in [0.3, 0.4) is 0 Å². The van der Waals surface area contributed by atoms with Crippen LogP contribution in [0.1, 0.15) is 23.7 Å². The van der Waals surface area contributed by atoms with Crippen LogP contribution in [0.2, 0.25) is 0 Å². The SMILES string of the molecule is CC(=O)N1CCN(c2nc3cccc4c3n2CCC4=O)CC1. The van der Waals surface area contributed by atoms with Crippen LogP contribution in [0.25, 0.3) is 11.0 Å². The van der Waals surface area contributed by atoms with E-state index in [1.54, 1.807) is 6.92 Å². The molecule has 22 heavy (non-hydrogen) atoms. The molecule has 1 saturated heterocycles. The maximum atomic E-state index is 12.1. The van der Waals surface area contributed by atoms with E-state index < -0.39 is 0 Å². The Morgan fingerprint density at radius 2 is 1.91 bits per heavy atom. The van der Waals surface area contributed by atoms with Gasteiger partial charge in [-0.2, -0.15) is 0 Å². The summed E-state index contributed by atoms with van der Waals surface area (Å²) in [6.07, 6.45) is 0.531. The topological polar surface area (TPSA) is 58.4 Å². The fraction of sp³-hybridized carbons (Fsp3) is 0.438. The second-order valence-corrected chi connectivity index (χ2v) is 5.90. The van der Waals surface area contributed by atoms with E-state index in [9.17, 15) is 9.59 Å². The van der Waals surface area contributed by atoms with Crippen molar-refractivity contribution in [2.75, 3.05) is 31.1 Å². The predicted molar refractivity (Wildman–Crippen MR) is 83.1 cm³/mol. The highest BCUT2D eigenvalue weighted by Crippen LogP contribution is 2.30. The molecular weight excluding hydrogens is 280 g/mol. The van der Waals surface area contributed by atoms with E-state index in [2.05, 4.69) is 9.47 Å². The Bertz CT molecular complexity index is 772. The van der Waals surface area contributed by atoms with Crippen molar-refractivity contribution in [1.82, 2.24) is 14.5 Å². The number of hydrogen-bond acceptors (Lipinski definition) is 4. The van der Waals surface area contributed by atoms with Gasteiger partial charge in [0.25, 0.3) is 0 Å². The van der Waals surface area contributed by atoms with Crippen molar-refractivity contribution in [3.8, 4) is 0 Å². The third-order valence-electron chi connectivity index (χ3n) is 4.62. The molecule has 1 aromatic carbocycles. The fourth-order valence-corrected chi connectivity index (χ4v) is 3.42. The van der Waals surface area contributed by atoms with Crippen LogP contribution >= 0.6 is 0 Å². The van der Waals surface area contributed by atoms with Crippen LogP contribution < -0.4 is 4.90 Å². The molecule has 0 aliphatic carbocycles. The van der Waals surface area contributed by atoms with Gasteiger partial charge in [0.05, 0.1) is 11.0 Å². The Kier molecular flexibility index (Phi) is 2.92. The zero-order valence-electron chi connectivity index (χ0n) is 12.6. The zero-order valence-corrected chi connectivity index (χ0v) is 12.6. The van der Waals surface area contributed by atoms with Gasteiger partial charge in [-0.05, 0) is 12.1 Å². The first-order valence-electron chi connectivity index (χ1n) is 7.68. The van der Waals surface area contributed by atoms with E-state index in [-0.39, 0.29) is 11.7 Å². The molecule has 0 atom stereocenters. The van der Waals surface area contributed by atoms with Crippen molar-refractivity contribution in [3.05, 3.63) is 23.8 Å². The lowest BCUT2D eigenvalue weighted by Gasteiger charge is -2.35. The third kappa shape index (κ3) is 1.90. The molecule has 0 spiro atoms. The first-order chi connectivity index (χ1) is 10.6. The summed E-state index contributed by atoms with van der Waals surface area (Å²) in [4.78, 5) is 32.4. The Morgan fingerprint density at radius 1 is 1.14 bits per heavy atom. The average molecular weight is 298 g/mol. The summed E-state index contributed by atoms with van der Waals surface area (Å²) in [5.41, 5.74) is 2.63. The molecule has 0 bridgehead atoms. The number of aromatic nitrogens is 2. The highest BCUT2D eigenvalue weighted by molar-refractivity contribution is 6.08. The van der Waals surface area contributed by atoms with E-state index in [4.69, 9.17) is 4.98 Å². The number of amides is 1. The number of carbonyl (C=O) groups excluding carboxylic acids is 2. The summed E-state index contributed by atoms with van der Waals surface area (Å²) >= 11 is 0. The fourth-order valence-electron chi connectivity index (χ4n) is 3.42. The molecule has 6 nitrogen and oxygen atoms in total. The minimum absolute atomic E-state index is 0.127. The lowest BCUT2D eigenvalue weighted by Crippen LogP contribution is -2.48. The molecule has 6 heteroatoms. The third-order valence-corrected chi connectivity index (χ3v) is 4.62. The molecule has 1 fully saturated rings. The van der Waals surface area contributed by atoms with Gasteiger partial charge in [-0.25, -0.2) is 4.98 Å². The minimum atomic E-state index is 0.127. The Balaban J connectivity index is 1.72. The quantitative estimate of drug-likeness (QED) is 0.796. The number of imidazole rings is 1. The summed E-state index contributed by atoms with van der Waals surface area (Å²) in [7, 11) is 0. The number of rotatable bonds is 1. The van der Waals surface area contributed by atoms with Gasteiger partial charge in [-0.1, -0.05) is 6.07 Å². The monoisotopic (exact) mass is 298 g/mol. The number of ketones is 1. The van der Waals surface area contributed by atoms with E-state index in [1.807, 2.05) is 23.1 Å². The molecule has 0 unspecified atom stereocenters. The van der Waals surface area contributed by atoms with Crippen LogP contribution in [-0.2, 0) is 11.3 Å². The van der Waals surface area contributed by atoms with Crippen molar-refractivity contribution in [3.63, 3.8) is 0 Å². The van der Waals surface area contributed by atoms with Crippen LogP contribution in [0, 0.1) is 0 Å². The normalized spacial score (nSPS) is 18.1. The second-order valence-electron chi connectivity index (χ2n) is 5.90. The summed E-state index contributed by atoms with van der Waals surface area (Å²) in [6, 6.07) is 5.75. The van der Waals surface area contributed by atoms with E-state index in [0.717, 1.165) is 48.7 Å². The highest BCUT2D eigenvalue weighted by Gasteiger charge is 2.27. The molecule has 2 aromatic rings. The number of para-hydroxylation sites is 1. The number of hydrogen-bond donors (Lipinski definition) is 0. The van der Waals surface area contributed by atoms with Crippen molar-refractivity contribution in [2.45, 2.75) is 19.9 Å². The Morgan fingerprint density at radius 3 is 2.64 bits per heavy atom. The highest BCUT2D eigenvalue weighted by atomic mass is 16.2. The summed E-state index contributed by atoms with van der Waals surface area (Å²) in [5, 5.41) is 0. The zero-order chi connectivity index (χ0) is 15.3. The lowest BCUT2D eigenvalue weighted by molar-refractivity contribution is -0.129. The molecule has 0 radical (unpaired) electrons. The molecule has 3 heterocycles. The summed E-state index contributed by atoms with van der Waals surface area (Å²) in [6.45, 7) is 5.32. The van der Waals surface area contributed by atoms with Gasteiger partial charge in [-0.15, -0.1) is 0 Å². The maximum absolute atomic E-state index is 12.1. The Labute approximate surface area is 128 Å². The smallest absolute Gasteiger partial charge is 0.219 e. The predicted octanol–water partition coefficient (Wildman–Crippen LogP) is 1.29. The van der Waals surface area contributed by atoms with Gasteiger partial charge in [-0.3, -0.25) is 9.59 Å². The number of anilines is 1. The molecule has 1 amide bonds. The van der Waals surface area contributed by atoms with Crippen LogP contribution in [-0.4, -0.2) is 52.3 Å². The number of carbonyl (C=O) groups is 2. The molecular formula is C16H18N4O2. The van der Waals surface area contributed by atoms with Crippen molar-refractivity contribution >= 4 is 28.7 Å². The molecule has 4 rings (SSSR count). The minimum Gasteiger partial charge on any atom is -0.339 e. The van der Waals surface area contributed by atoms with Crippen molar-refractivity contribution < 1.29 is 9.59 Å². The molecule has 0 saturated carbocycles. The molecule has 1 aromatic heterocycles. The van der Waals surface area contributed by atoms with Gasteiger partial charge in [0.2, 0.25) is 11.9 Å². The van der Waals surface area contributed by atoms with Gasteiger partial charge in [0.1, 0.15) is 0 Å². The van der Waals surface area contributed by atoms with Crippen LogP contribution in [0.4, 0.5) is 5.95 Å². The van der Waals surface area contributed by atoms with Gasteiger partial charge < -0.3 is 14.4 Å². The lowest BCUT2D eigenvalue weighted by atomic mass is 10.0. The van der Waals surface area contributed by atoms with Crippen LogP contribution in [0.15, 0.2) is 18.2 Å². The number of benzene rings is 1. The summed E-state index contributed by atoms with van der Waals surface area (Å²) < 4.78 is 2.16. The number of piperazine rings is 1. The number of aryl methyl sites for hydroxylation is 1. The number of Topliss-reactive ketones (excluding diaryl/α,β-unsaturated/α-hetero) is 1. The van der Waals surface area contributed by atoms with Gasteiger partial charge >= 0.3 is 0 Å². The number of nitrogens with zero attached hydrogens (tertiary/aromatic N) is 4.